The van der Waals surface area contributed by atoms with Crippen molar-refractivity contribution < 1.29 is 37.1 Å². The van der Waals surface area contributed by atoms with E-state index < -0.39 is 68.5 Å². The van der Waals surface area contributed by atoms with E-state index in [0.717, 1.165) is 18.4 Å². The zero-order valence-corrected chi connectivity index (χ0v) is 30.4. The SMILES string of the molecule is O=C1CCCCOc2cccc(c2)-c2cccc(n2)C(=O)N[C@@H]2C[C@H]3C(=O)N[C@]4(C(=O)NS(=O)(=O)C5CC5)C[C@H]4C=CCCCCC[C@H](N1)C(=O)N3C2. The molecule has 5 aliphatic rings. The summed E-state index contributed by atoms with van der Waals surface area (Å²) in [5.41, 5.74) is -0.0455. The fraction of sp³-hybridized carbons (Fsp3) is 0.526. The van der Waals surface area contributed by atoms with Gasteiger partial charge >= 0.3 is 0 Å². The summed E-state index contributed by atoms with van der Waals surface area (Å²) in [5, 5.41) is 8.10. The van der Waals surface area contributed by atoms with E-state index in [-0.39, 0.29) is 37.4 Å². The van der Waals surface area contributed by atoms with Gasteiger partial charge in [0.05, 0.1) is 17.6 Å². The number of nitrogens with zero attached hydrogens (tertiary/aromatic N) is 2. The first-order valence-electron chi connectivity index (χ1n) is 18.7. The van der Waals surface area contributed by atoms with Crippen molar-refractivity contribution in [1.29, 1.82) is 0 Å². The van der Waals surface area contributed by atoms with Crippen LogP contribution in [0.1, 0.15) is 87.5 Å². The van der Waals surface area contributed by atoms with Crippen LogP contribution in [0.3, 0.4) is 0 Å². The number of hydrogen-bond acceptors (Lipinski definition) is 9. The number of carbonyl (C=O) groups excluding carboxylic acids is 5. The van der Waals surface area contributed by atoms with Gasteiger partial charge in [-0.05, 0) is 82.1 Å². The number of fused-ring (bicyclic) bond motifs is 8. The van der Waals surface area contributed by atoms with E-state index in [0.29, 0.717) is 63.0 Å². The average molecular weight is 747 g/mol. The summed E-state index contributed by atoms with van der Waals surface area (Å²) in [5.74, 6) is -2.47. The lowest BCUT2D eigenvalue weighted by atomic mass is 10.0. The Morgan fingerprint density at radius 1 is 0.943 bits per heavy atom. The lowest BCUT2D eigenvalue weighted by Gasteiger charge is -2.30. The fourth-order valence-corrected chi connectivity index (χ4v) is 8.84. The molecule has 0 spiro atoms. The summed E-state index contributed by atoms with van der Waals surface area (Å²) in [6, 6.07) is 9.80. The van der Waals surface area contributed by atoms with Crippen LogP contribution in [0.4, 0.5) is 0 Å². The molecule has 0 radical (unpaired) electrons. The smallest absolute Gasteiger partial charge is 0.270 e. The maximum absolute atomic E-state index is 14.4. The van der Waals surface area contributed by atoms with Gasteiger partial charge in [0.15, 0.2) is 0 Å². The van der Waals surface area contributed by atoms with Crippen LogP contribution < -0.4 is 25.4 Å². The number of carbonyl (C=O) groups is 5. The van der Waals surface area contributed by atoms with Crippen molar-refractivity contribution in [1.82, 2.24) is 30.6 Å². The minimum absolute atomic E-state index is 0.0211. The van der Waals surface area contributed by atoms with Crippen LogP contribution in [0.15, 0.2) is 54.6 Å². The van der Waals surface area contributed by atoms with Crippen molar-refractivity contribution in [2.45, 2.75) is 106 Å². The van der Waals surface area contributed by atoms with Gasteiger partial charge in [0.25, 0.3) is 11.8 Å². The van der Waals surface area contributed by atoms with E-state index in [4.69, 9.17) is 4.74 Å². The molecule has 282 valence electrons. The number of nitrogens with one attached hydrogen (secondary N) is 4. The third-order valence-electron chi connectivity index (χ3n) is 10.7. The molecule has 5 amide bonds. The van der Waals surface area contributed by atoms with E-state index in [1.165, 1.54) is 4.90 Å². The Hall–Kier alpha value is -4.79. The summed E-state index contributed by atoms with van der Waals surface area (Å²) in [6.45, 7) is 0.356. The number of benzene rings is 1. The van der Waals surface area contributed by atoms with E-state index in [2.05, 4.69) is 25.7 Å². The average Bonchev–Trinajstić information content (AvgIpc) is 4.07. The molecule has 2 aliphatic carbocycles. The highest BCUT2D eigenvalue weighted by Gasteiger charge is 2.62. The molecule has 5 atom stereocenters. The first kappa shape index (κ1) is 36.6. The van der Waals surface area contributed by atoms with Crippen molar-refractivity contribution in [3.8, 4) is 17.0 Å². The van der Waals surface area contributed by atoms with E-state index in [1.54, 1.807) is 18.2 Å². The number of sulfonamides is 1. The molecule has 1 aromatic carbocycles. The highest BCUT2D eigenvalue weighted by atomic mass is 32.2. The van der Waals surface area contributed by atoms with Crippen molar-refractivity contribution >= 4 is 39.6 Å². The topological polar surface area (TPSA) is 193 Å². The van der Waals surface area contributed by atoms with Gasteiger partial charge in [-0.25, -0.2) is 13.4 Å². The Morgan fingerprint density at radius 3 is 2.58 bits per heavy atom. The van der Waals surface area contributed by atoms with Gasteiger partial charge in [-0.3, -0.25) is 28.7 Å². The zero-order valence-electron chi connectivity index (χ0n) is 29.6. The number of pyridine rings is 1. The molecule has 4 N–H and O–H groups in total. The Balaban J connectivity index is 1.19. The molecule has 3 aliphatic heterocycles. The number of ether oxygens (including phenoxy) is 1. The van der Waals surface area contributed by atoms with Crippen molar-refractivity contribution in [2.75, 3.05) is 13.2 Å². The molecule has 2 saturated carbocycles. The number of aromatic nitrogens is 1. The summed E-state index contributed by atoms with van der Waals surface area (Å²) >= 11 is 0. The second-order valence-electron chi connectivity index (χ2n) is 14.8. The molecule has 7 bridgehead atoms. The monoisotopic (exact) mass is 746 g/mol. The minimum atomic E-state index is -3.89. The maximum atomic E-state index is 14.4. The van der Waals surface area contributed by atoms with Crippen LogP contribution in [-0.4, -0.2) is 89.9 Å². The largest absolute Gasteiger partial charge is 0.494 e. The molecule has 15 heteroatoms. The van der Waals surface area contributed by atoms with Crippen LogP contribution in [0.2, 0.25) is 0 Å². The van der Waals surface area contributed by atoms with E-state index in [9.17, 15) is 32.4 Å². The highest BCUT2D eigenvalue weighted by molar-refractivity contribution is 7.91. The minimum Gasteiger partial charge on any atom is -0.494 e. The summed E-state index contributed by atoms with van der Waals surface area (Å²) in [6.07, 6.45) is 9.59. The van der Waals surface area contributed by atoms with Gasteiger partial charge in [0.1, 0.15) is 29.1 Å². The van der Waals surface area contributed by atoms with Crippen molar-refractivity contribution in [3.63, 3.8) is 0 Å². The summed E-state index contributed by atoms with van der Waals surface area (Å²) < 4.78 is 33.7. The fourth-order valence-electron chi connectivity index (χ4n) is 7.48. The van der Waals surface area contributed by atoms with Crippen LogP contribution in [0.5, 0.6) is 5.75 Å². The first-order chi connectivity index (χ1) is 25.5. The number of hydrogen-bond donors (Lipinski definition) is 4. The first-order valence-corrected chi connectivity index (χ1v) is 20.2. The summed E-state index contributed by atoms with van der Waals surface area (Å²) in [7, 11) is -3.89. The standard InChI is InChI=1S/C38H46N6O8S/c45-33-16-6-7-19-52-27-12-8-10-24(20-27)29-14-9-15-30(40-29)34(46)39-26-21-32-35(47)42-38(37(49)43-53(50,51)28-17-18-28)22-25(38)11-4-2-1-3-5-13-31(41-33)36(48)44(32)23-26/h4,8-12,14-15,20,25-26,28,31-32H,1-3,5-7,13,16-19,21-23H2,(H,39,46)(H,41,45)(H,42,47)(H,43,49)/t25-,26-,31+,32+,38-/m1/s1. The van der Waals surface area contributed by atoms with Crippen LogP contribution in [0.25, 0.3) is 11.3 Å². The zero-order chi connectivity index (χ0) is 37.2. The third-order valence-corrected chi connectivity index (χ3v) is 12.5. The van der Waals surface area contributed by atoms with Gasteiger partial charge in [0.2, 0.25) is 27.7 Å². The Bertz CT molecular complexity index is 1910. The quantitative estimate of drug-likeness (QED) is 0.342. The number of amides is 5. The van der Waals surface area contributed by atoms with Gasteiger partial charge < -0.3 is 25.6 Å². The Labute approximate surface area is 308 Å². The molecule has 14 nitrogen and oxygen atoms in total. The second-order valence-corrected chi connectivity index (χ2v) is 16.7. The number of rotatable bonds is 3. The Kier molecular flexibility index (Phi) is 10.5. The number of allylic oxidation sites excluding steroid dienone is 1. The molecule has 53 heavy (non-hydrogen) atoms. The van der Waals surface area contributed by atoms with Crippen LogP contribution in [0, 0.1) is 5.92 Å². The van der Waals surface area contributed by atoms with E-state index >= 15 is 0 Å². The lowest BCUT2D eigenvalue weighted by Crippen LogP contribution is -2.58. The highest BCUT2D eigenvalue weighted by Crippen LogP contribution is 2.46. The van der Waals surface area contributed by atoms with Gasteiger partial charge in [-0.2, -0.15) is 0 Å². The van der Waals surface area contributed by atoms with Crippen LogP contribution in [-0.2, 0) is 29.2 Å². The predicted molar refractivity (Wildman–Crippen MR) is 194 cm³/mol. The molecule has 3 fully saturated rings. The molecule has 1 saturated heterocycles. The molecule has 2 aromatic rings. The van der Waals surface area contributed by atoms with Crippen LogP contribution >= 0.6 is 0 Å². The molecule has 7 rings (SSSR count). The summed E-state index contributed by atoms with van der Waals surface area (Å²) in [4.78, 5) is 75.2. The van der Waals surface area contributed by atoms with Crippen molar-refractivity contribution in [3.05, 3.63) is 60.3 Å². The van der Waals surface area contributed by atoms with Gasteiger partial charge in [-0.1, -0.05) is 43.2 Å². The molecule has 1 aromatic heterocycles. The second kappa shape index (κ2) is 15.3. The maximum Gasteiger partial charge on any atom is 0.270 e. The van der Waals surface area contributed by atoms with Crippen molar-refractivity contribution in [2.24, 2.45) is 5.92 Å². The third kappa shape index (κ3) is 8.40. The predicted octanol–water partition coefficient (Wildman–Crippen LogP) is 2.50. The molecule has 4 heterocycles. The van der Waals surface area contributed by atoms with E-state index in [1.807, 2.05) is 36.4 Å². The molecule has 0 unspecified atom stereocenters. The van der Waals surface area contributed by atoms with Gasteiger partial charge in [0, 0.05) is 30.5 Å². The Morgan fingerprint density at radius 2 is 1.75 bits per heavy atom. The van der Waals surface area contributed by atoms with Gasteiger partial charge in [-0.15, -0.1) is 0 Å². The lowest BCUT2D eigenvalue weighted by molar-refractivity contribution is -0.142. The molecular weight excluding hydrogens is 701 g/mol. The normalized spacial score (nSPS) is 28.6. The molecular formula is C38H46N6O8S.